The van der Waals surface area contributed by atoms with Gasteiger partial charge in [-0.25, -0.2) is 8.42 Å². The standard InChI is InChI=1S/C11H19N3O4S/c1-2-17-5-3-10-13-11(18-14-10)7-12-9-4-6-19(15,16)8-9/h9,12H,2-8H2,1H3. The summed E-state index contributed by atoms with van der Waals surface area (Å²) in [4.78, 5) is 4.21. The smallest absolute Gasteiger partial charge is 0.240 e. The molecule has 0 saturated carbocycles. The van der Waals surface area contributed by atoms with Crippen LogP contribution in [0.15, 0.2) is 4.52 Å². The van der Waals surface area contributed by atoms with E-state index in [1.54, 1.807) is 0 Å². The molecule has 0 amide bonds. The summed E-state index contributed by atoms with van der Waals surface area (Å²) in [5, 5.41) is 6.96. The Balaban J connectivity index is 1.74. The van der Waals surface area contributed by atoms with Crippen molar-refractivity contribution < 1.29 is 17.7 Å². The molecule has 1 unspecified atom stereocenters. The van der Waals surface area contributed by atoms with E-state index in [1.165, 1.54) is 0 Å². The molecule has 1 aliphatic rings. The van der Waals surface area contributed by atoms with Crippen LogP contribution in [-0.2, 0) is 27.5 Å². The van der Waals surface area contributed by atoms with Crippen molar-refractivity contribution in [3.05, 3.63) is 11.7 Å². The van der Waals surface area contributed by atoms with Crippen LogP contribution in [0, 0.1) is 0 Å². The van der Waals surface area contributed by atoms with E-state index in [4.69, 9.17) is 9.26 Å². The van der Waals surface area contributed by atoms with Crippen molar-refractivity contribution in [2.24, 2.45) is 0 Å². The van der Waals surface area contributed by atoms with Crippen molar-refractivity contribution >= 4 is 9.84 Å². The quantitative estimate of drug-likeness (QED) is 0.702. The molecule has 1 N–H and O–H groups in total. The van der Waals surface area contributed by atoms with Gasteiger partial charge in [0.1, 0.15) is 0 Å². The van der Waals surface area contributed by atoms with Crippen LogP contribution in [0.2, 0.25) is 0 Å². The fourth-order valence-corrected chi connectivity index (χ4v) is 3.67. The summed E-state index contributed by atoms with van der Waals surface area (Å²) in [7, 11) is -2.86. The molecule has 1 aromatic heterocycles. The summed E-state index contributed by atoms with van der Waals surface area (Å²) in [6.45, 7) is 3.58. The van der Waals surface area contributed by atoms with E-state index in [9.17, 15) is 8.42 Å². The molecule has 19 heavy (non-hydrogen) atoms. The molecule has 8 heteroatoms. The number of hydrogen-bond donors (Lipinski definition) is 1. The minimum absolute atomic E-state index is 0.0104. The van der Waals surface area contributed by atoms with Gasteiger partial charge in [-0.3, -0.25) is 0 Å². The summed E-state index contributed by atoms with van der Waals surface area (Å²) in [6.07, 6.45) is 1.27. The van der Waals surface area contributed by atoms with Gasteiger partial charge in [-0.05, 0) is 13.3 Å². The van der Waals surface area contributed by atoms with Crippen LogP contribution in [0.5, 0.6) is 0 Å². The Morgan fingerprint density at radius 2 is 2.37 bits per heavy atom. The normalized spacial score (nSPS) is 21.8. The summed E-state index contributed by atoms with van der Waals surface area (Å²) in [5.41, 5.74) is 0. The van der Waals surface area contributed by atoms with E-state index < -0.39 is 9.84 Å². The lowest BCUT2D eigenvalue weighted by Crippen LogP contribution is -2.29. The van der Waals surface area contributed by atoms with E-state index in [0.29, 0.717) is 44.3 Å². The largest absolute Gasteiger partial charge is 0.381 e. The maximum Gasteiger partial charge on any atom is 0.240 e. The maximum absolute atomic E-state index is 11.3. The van der Waals surface area contributed by atoms with Gasteiger partial charge in [0.05, 0.1) is 24.7 Å². The zero-order valence-electron chi connectivity index (χ0n) is 11.0. The molecule has 1 aromatic rings. The lowest BCUT2D eigenvalue weighted by molar-refractivity contribution is 0.149. The molecule has 0 bridgehead atoms. The fourth-order valence-electron chi connectivity index (χ4n) is 1.96. The van der Waals surface area contributed by atoms with Crippen LogP contribution in [-0.4, -0.2) is 49.3 Å². The van der Waals surface area contributed by atoms with Gasteiger partial charge in [-0.2, -0.15) is 4.98 Å². The Morgan fingerprint density at radius 1 is 1.53 bits per heavy atom. The average molecular weight is 289 g/mol. The number of hydrogen-bond acceptors (Lipinski definition) is 7. The van der Waals surface area contributed by atoms with Gasteiger partial charge in [0.2, 0.25) is 5.89 Å². The number of sulfone groups is 1. The van der Waals surface area contributed by atoms with Crippen LogP contribution < -0.4 is 5.32 Å². The number of rotatable bonds is 7. The highest BCUT2D eigenvalue weighted by Gasteiger charge is 2.27. The SMILES string of the molecule is CCOCCc1noc(CNC2CCS(=O)(=O)C2)n1. The monoisotopic (exact) mass is 289 g/mol. The predicted octanol–water partition coefficient (Wildman–Crippen LogP) is -0.0747. The topological polar surface area (TPSA) is 94.3 Å². The second-order valence-electron chi connectivity index (χ2n) is 4.53. The van der Waals surface area contributed by atoms with Crippen LogP contribution in [0.25, 0.3) is 0 Å². The van der Waals surface area contributed by atoms with Crippen molar-refractivity contribution in [3.63, 3.8) is 0 Å². The lowest BCUT2D eigenvalue weighted by Gasteiger charge is -2.07. The van der Waals surface area contributed by atoms with Gasteiger partial charge in [0.25, 0.3) is 0 Å². The molecule has 2 heterocycles. The molecule has 1 saturated heterocycles. The van der Waals surface area contributed by atoms with Gasteiger partial charge in [0.15, 0.2) is 15.7 Å². The third-order valence-corrected chi connectivity index (χ3v) is 4.73. The van der Waals surface area contributed by atoms with Crippen molar-refractivity contribution in [1.29, 1.82) is 0 Å². The minimum Gasteiger partial charge on any atom is -0.381 e. The van der Waals surface area contributed by atoms with Gasteiger partial charge >= 0.3 is 0 Å². The Hall–Kier alpha value is -0.990. The van der Waals surface area contributed by atoms with Gasteiger partial charge in [-0.15, -0.1) is 0 Å². The summed E-state index contributed by atoms with van der Waals surface area (Å²) < 4.78 is 32.9. The van der Waals surface area contributed by atoms with Crippen LogP contribution >= 0.6 is 0 Å². The zero-order valence-corrected chi connectivity index (χ0v) is 11.8. The molecule has 1 atom stereocenters. The zero-order chi connectivity index (χ0) is 13.7. The third-order valence-electron chi connectivity index (χ3n) is 2.96. The second-order valence-corrected chi connectivity index (χ2v) is 6.76. The van der Waals surface area contributed by atoms with Gasteiger partial charge in [-0.1, -0.05) is 5.16 Å². The van der Waals surface area contributed by atoms with E-state index in [-0.39, 0.29) is 17.5 Å². The highest BCUT2D eigenvalue weighted by Crippen LogP contribution is 2.11. The molecule has 1 aliphatic heterocycles. The molecule has 108 valence electrons. The molecule has 0 spiro atoms. The first kappa shape index (κ1) is 14.4. The first-order chi connectivity index (χ1) is 9.09. The van der Waals surface area contributed by atoms with E-state index >= 15 is 0 Å². The number of nitrogens with one attached hydrogen (secondary N) is 1. The Bertz CT molecular complexity index is 500. The Kier molecular flexibility index (Phi) is 4.89. The van der Waals surface area contributed by atoms with Crippen molar-refractivity contribution in [3.8, 4) is 0 Å². The summed E-state index contributed by atoms with van der Waals surface area (Å²) >= 11 is 0. The fraction of sp³-hybridized carbons (Fsp3) is 0.818. The number of aromatic nitrogens is 2. The molecule has 0 aromatic carbocycles. The third kappa shape index (κ3) is 4.55. The van der Waals surface area contributed by atoms with Crippen LogP contribution in [0.1, 0.15) is 25.1 Å². The van der Waals surface area contributed by atoms with Crippen LogP contribution in [0.4, 0.5) is 0 Å². The van der Waals surface area contributed by atoms with Crippen molar-refractivity contribution in [2.75, 3.05) is 24.7 Å². The molecule has 2 rings (SSSR count). The molecule has 0 radical (unpaired) electrons. The maximum atomic E-state index is 11.3. The van der Waals surface area contributed by atoms with Gasteiger partial charge in [0, 0.05) is 19.1 Å². The van der Waals surface area contributed by atoms with E-state index in [2.05, 4.69) is 15.5 Å². The highest BCUT2D eigenvalue weighted by molar-refractivity contribution is 7.91. The highest BCUT2D eigenvalue weighted by atomic mass is 32.2. The molecular weight excluding hydrogens is 270 g/mol. The minimum atomic E-state index is -2.86. The Labute approximate surface area is 112 Å². The van der Waals surface area contributed by atoms with Gasteiger partial charge < -0.3 is 14.6 Å². The van der Waals surface area contributed by atoms with Crippen molar-refractivity contribution in [1.82, 2.24) is 15.5 Å². The molecular formula is C11H19N3O4S. The lowest BCUT2D eigenvalue weighted by atomic mass is 10.3. The van der Waals surface area contributed by atoms with Crippen LogP contribution in [0.3, 0.4) is 0 Å². The first-order valence-corrected chi connectivity index (χ1v) is 8.24. The first-order valence-electron chi connectivity index (χ1n) is 6.42. The number of nitrogens with zero attached hydrogens (tertiary/aromatic N) is 2. The van der Waals surface area contributed by atoms with E-state index in [0.717, 1.165) is 0 Å². The summed E-state index contributed by atoms with van der Waals surface area (Å²) in [6, 6.07) is -0.0104. The number of ether oxygens (including phenoxy) is 1. The predicted molar refractivity (Wildman–Crippen MR) is 68.4 cm³/mol. The Morgan fingerprint density at radius 3 is 3.05 bits per heavy atom. The summed E-state index contributed by atoms with van der Waals surface area (Å²) in [5.74, 6) is 1.55. The van der Waals surface area contributed by atoms with E-state index in [1.807, 2.05) is 6.92 Å². The van der Waals surface area contributed by atoms with Crippen molar-refractivity contribution in [2.45, 2.75) is 32.4 Å². The second kappa shape index (κ2) is 6.44. The molecule has 7 nitrogen and oxygen atoms in total. The molecule has 0 aliphatic carbocycles. The average Bonchev–Trinajstić information content (AvgIpc) is 2.94. The molecule has 1 fully saturated rings.